The highest BCUT2D eigenvalue weighted by atomic mass is 16.5. The molecule has 2 bridgehead atoms. The number of fused-ring (bicyclic) bond motifs is 4. The van der Waals surface area contributed by atoms with Crippen LogP contribution >= 0.6 is 0 Å². The maximum absolute atomic E-state index is 13.9. The highest BCUT2D eigenvalue weighted by molar-refractivity contribution is 6.00. The number of benzene rings is 1. The molecule has 5 aromatic rings. The molecule has 12 nitrogen and oxygen atoms in total. The van der Waals surface area contributed by atoms with Gasteiger partial charge in [0.25, 0.3) is 5.91 Å². The third-order valence-corrected chi connectivity index (χ3v) is 10.4. The van der Waals surface area contributed by atoms with Gasteiger partial charge in [0.05, 0.1) is 18.3 Å². The lowest BCUT2D eigenvalue weighted by Gasteiger charge is -2.38. The highest BCUT2D eigenvalue weighted by Crippen LogP contribution is 2.41. The molecule has 4 aliphatic rings. The van der Waals surface area contributed by atoms with E-state index in [0.29, 0.717) is 41.0 Å². The molecule has 2 saturated carbocycles. The number of pyridine rings is 1. The average Bonchev–Trinajstić information content (AvgIpc) is 3.31. The number of ether oxygens (including phenoxy) is 1. The van der Waals surface area contributed by atoms with Crippen molar-refractivity contribution in [1.82, 2.24) is 34.2 Å². The van der Waals surface area contributed by atoms with Gasteiger partial charge in [0.2, 0.25) is 5.89 Å². The van der Waals surface area contributed by atoms with Gasteiger partial charge in [-0.25, -0.2) is 9.97 Å². The lowest BCUT2D eigenvalue weighted by Crippen LogP contribution is -2.48. The molecule has 0 radical (unpaired) electrons. The Morgan fingerprint density at radius 2 is 1.89 bits per heavy atom. The van der Waals surface area contributed by atoms with Crippen molar-refractivity contribution in [2.24, 2.45) is 23.5 Å². The summed E-state index contributed by atoms with van der Waals surface area (Å²) in [4.78, 5) is 28.0. The first-order valence-corrected chi connectivity index (χ1v) is 16.1. The average molecular weight is 608 g/mol. The number of aryl methyl sites for hydroxylation is 1. The third-order valence-electron chi connectivity index (χ3n) is 10.4. The molecule has 3 atom stereocenters. The van der Waals surface area contributed by atoms with Crippen molar-refractivity contribution in [2.45, 2.75) is 57.8 Å². The second-order valence-electron chi connectivity index (χ2n) is 13.4. The minimum absolute atomic E-state index is 0.00508. The van der Waals surface area contributed by atoms with Gasteiger partial charge in [-0.05, 0) is 67.9 Å². The number of nitrogens with two attached hydrogens (primary N) is 1. The van der Waals surface area contributed by atoms with Crippen molar-refractivity contribution in [3.63, 3.8) is 0 Å². The molecule has 2 saturated heterocycles. The molecule has 232 valence electrons. The van der Waals surface area contributed by atoms with Crippen molar-refractivity contribution < 1.29 is 13.9 Å². The number of piperidine rings is 1. The zero-order chi connectivity index (χ0) is 30.4. The zero-order valence-electron chi connectivity index (χ0n) is 25.6. The minimum atomic E-state index is 0.00508. The van der Waals surface area contributed by atoms with Crippen LogP contribution in [0.3, 0.4) is 0 Å². The molecule has 9 rings (SSSR count). The minimum Gasteiger partial charge on any atom is -0.494 e. The number of aromatic nitrogens is 6. The number of rotatable bonds is 8. The number of carbonyl (C=O) groups is 1. The standard InChI is InChI=1S/C33H37N9O3/c1-18-37-38-33(45-18)39-13-20(14-39)16-42-29-24(10-23(12-27(29)44-2)32(43)41-17-22-7-8-25(41)28(22)34)36-31(42)26-11-21-4-3-9-35-30(21)40(26)15-19-5-6-19/h3-4,9-12,19-20,22,25,28H,5-8,13-17,34H2,1-2H3/t22-,25-,28-/m1/s1. The Kier molecular flexibility index (Phi) is 6.00. The Hall–Kier alpha value is -4.45. The van der Waals surface area contributed by atoms with Crippen LogP contribution in [0.25, 0.3) is 33.6 Å². The van der Waals surface area contributed by atoms with Crippen LogP contribution in [-0.2, 0) is 13.1 Å². The highest BCUT2D eigenvalue weighted by Gasteiger charge is 2.47. The first kappa shape index (κ1) is 26.9. The number of hydrogen-bond donors (Lipinski definition) is 1. The lowest BCUT2D eigenvalue weighted by molar-refractivity contribution is 0.0700. The van der Waals surface area contributed by atoms with Crippen LogP contribution in [-0.4, -0.2) is 78.9 Å². The number of carbonyl (C=O) groups excluding carboxylic acids is 1. The summed E-state index contributed by atoms with van der Waals surface area (Å²) in [7, 11) is 1.67. The van der Waals surface area contributed by atoms with E-state index in [9.17, 15) is 4.79 Å². The molecule has 45 heavy (non-hydrogen) atoms. The van der Waals surface area contributed by atoms with Crippen molar-refractivity contribution >= 4 is 34.0 Å². The predicted molar refractivity (Wildman–Crippen MR) is 168 cm³/mol. The lowest BCUT2D eigenvalue weighted by atomic mass is 10.0. The summed E-state index contributed by atoms with van der Waals surface area (Å²) in [6.45, 7) is 5.75. The first-order chi connectivity index (χ1) is 21.9. The van der Waals surface area contributed by atoms with Crippen LogP contribution in [0.2, 0.25) is 0 Å². The van der Waals surface area contributed by atoms with Crippen LogP contribution in [0.1, 0.15) is 41.9 Å². The second kappa shape index (κ2) is 10.0. The SMILES string of the molecule is COc1cc(C(=O)N2C[C@H]3CC[C@@H]2[C@@H]3N)cc2nc(-c3cc4cccnc4n3CC3CC3)n(CC3CN(c4nnc(C)o4)C3)c12. The number of likely N-dealkylation sites (tertiary alicyclic amines) is 1. The van der Waals surface area contributed by atoms with E-state index >= 15 is 0 Å². The monoisotopic (exact) mass is 607 g/mol. The summed E-state index contributed by atoms with van der Waals surface area (Å²) in [5.74, 6) is 3.45. The third kappa shape index (κ3) is 4.33. The number of nitrogens with zero attached hydrogens (tertiary/aromatic N) is 8. The van der Waals surface area contributed by atoms with E-state index in [-0.39, 0.29) is 18.0 Å². The molecule has 0 unspecified atom stereocenters. The van der Waals surface area contributed by atoms with Crippen molar-refractivity contribution in [1.29, 1.82) is 0 Å². The predicted octanol–water partition coefficient (Wildman–Crippen LogP) is 3.86. The number of imidazole rings is 1. The van der Waals surface area contributed by atoms with Crippen LogP contribution < -0.4 is 15.4 Å². The molecule has 4 aromatic heterocycles. The molecule has 2 aliphatic heterocycles. The summed E-state index contributed by atoms with van der Waals surface area (Å²) in [5, 5.41) is 9.30. The molecule has 12 heteroatoms. The second-order valence-corrected chi connectivity index (χ2v) is 13.4. The Balaban J connectivity index is 1.15. The molecule has 2 aliphatic carbocycles. The Bertz CT molecular complexity index is 1950. The quantitative estimate of drug-likeness (QED) is 0.279. The van der Waals surface area contributed by atoms with E-state index in [1.54, 1.807) is 14.0 Å². The van der Waals surface area contributed by atoms with Gasteiger partial charge in [0.1, 0.15) is 16.9 Å². The fourth-order valence-corrected chi connectivity index (χ4v) is 7.86. The van der Waals surface area contributed by atoms with Crippen LogP contribution in [0.5, 0.6) is 5.75 Å². The van der Waals surface area contributed by atoms with Crippen molar-refractivity contribution in [3.05, 3.63) is 48.0 Å². The maximum atomic E-state index is 13.9. The largest absolute Gasteiger partial charge is 0.494 e. The van der Waals surface area contributed by atoms with Gasteiger partial charge in [-0.1, -0.05) is 5.10 Å². The summed E-state index contributed by atoms with van der Waals surface area (Å²) in [5.41, 5.74) is 10.7. The number of methoxy groups -OCH3 is 1. The normalized spacial score (nSPS) is 23.0. The fraction of sp³-hybridized carbons (Fsp3) is 0.485. The summed E-state index contributed by atoms with van der Waals surface area (Å²) >= 11 is 0. The number of anilines is 1. The summed E-state index contributed by atoms with van der Waals surface area (Å²) in [6, 6.07) is 10.9. The molecule has 2 N–H and O–H groups in total. The molecular weight excluding hydrogens is 570 g/mol. The summed E-state index contributed by atoms with van der Waals surface area (Å²) < 4.78 is 16.3. The van der Waals surface area contributed by atoms with Crippen LogP contribution in [0.4, 0.5) is 6.01 Å². The zero-order valence-corrected chi connectivity index (χ0v) is 25.6. The van der Waals surface area contributed by atoms with Crippen molar-refractivity contribution in [3.8, 4) is 17.3 Å². The van der Waals surface area contributed by atoms with E-state index in [0.717, 1.165) is 79.2 Å². The van der Waals surface area contributed by atoms with Crippen LogP contribution in [0.15, 0.2) is 40.9 Å². The Labute approximate surface area is 260 Å². The molecule has 1 amide bonds. The van der Waals surface area contributed by atoms with Crippen LogP contribution in [0, 0.1) is 24.7 Å². The van der Waals surface area contributed by atoms with Gasteiger partial charge in [0.15, 0.2) is 5.82 Å². The molecule has 6 heterocycles. The van der Waals surface area contributed by atoms with Gasteiger partial charge >= 0.3 is 6.01 Å². The van der Waals surface area contributed by atoms with E-state index in [1.807, 2.05) is 29.3 Å². The smallest absolute Gasteiger partial charge is 0.318 e. The van der Waals surface area contributed by atoms with Crippen molar-refractivity contribution in [2.75, 3.05) is 31.6 Å². The molecule has 4 fully saturated rings. The number of amides is 1. The van der Waals surface area contributed by atoms with E-state index in [2.05, 4.69) is 36.4 Å². The molecule has 0 spiro atoms. The number of hydrogen-bond acceptors (Lipinski definition) is 9. The maximum Gasteiger partial charge on any atom is 0.318 e. The van der Waals surface area contributed by atoms with Gasteiger partial charge < -0.3 is 33.8 Å². The van der Waals surface area contributed by atoms with Gasteiger partial charge in [-0.3, -0.25) is 4.79 Å². The topological polar surface area (TPSA) is 133 Å². The summed E-state index contributed by atoms with van der Waals surface area (Å²) in [6.07, 6.45) is 6.39. The Morgan fingerprint density at radius 1 is 1.04 bits per heavy atom. The van der Waals surface area contributed by atoms with Gasteiger partial charge in [-0.15, -0.1) is 5.10 Å². The molecule has 1 aromatic carbocycles. The van der Waals surface area contributed by atoms with Gasteiger partial charge in [-0.2, -0.15) is 0 Å². The van der Waals surface area contributed by atoms with Gasteiger partial charge in [0, 0.05) is 74.8 Å². The van der Waals surface area contributed by atoms with E-state index in [1.165, 1.54) is 12.8 Å². The first-order valence-electron chi connectivity index (χ1n) is 16.1. The Morgan fingerprint density at radius 3 is 2.60 bits per heavy atom. The molecular formula is C33H37N9O3. The fourth-order valence-electron chi connectivity index (χ4n) is 7.86. The van der Waals surface area contributed by atoms with E-state index in [4.69, 9.17) is 24.9 Å². The van der Waals surface area contributed by atoms with E-state index < -0.39 is 0 Å².